The monoisotopic (exact) mass is 314 g/mol. The molecule has 0 fully saturated rings. The normalized spacial score (nSPS) is 10.2. The van der Waals surface area contributed by atoms with E-state index in [1.165, 1.54) is 0 Å². The topological polar surface area (TPSA) is 73.6 Å². The number of nitrogens with two attached hydrogens (primary N) is 1. The van der Waals surface area contributed by atoms with Gasteiger partial charge in [0.1, 0.15) is 11.5 Å². The van der Waals surface area contributed by atoms with Crippen molar-refractivity contribution in [2.45, 2.75) is 19.8 Å². The molecule has 23 heavy (non-hydrogen) atoms. The number of hydrogen-bond acceptors (Lipinski definition) is 4. The van der Waals surface area contributed by atoms with Crippen molar-refractivity contribution < 1.29 is 14.3 Å². The van der Waals surface area contributed by atoms with Gasteiger partial charge in [0.15, 0.2) is 0 Å². The van der Waals surface area contributed by atoms with E-state index in [4.69, 9.17) is 15.2 Å². The summed E-state index contributed by atoms with van der Waals surface area (Å²) in [5, 5.41) is 2.87. The fourth-order valence-electron chi connectivity index (χ4n) is 2.08. The molecule has 122 valence electrons. The number of anilines is 2. The first-order chi connectivity index (χ1) is 11.1. The lowest BCUT2D eigenvalue weighted by atomic mass is 10.1. The number of methoxy groups -OCH3 is 1. The van der Waals surface area contributed by atoms with E-state index in [0.717, 1.165) is 22.7 Å². The highest BCUT2D eigenvalue weighted by Gasteiger charge is 2.05. The molecule has 2 aromatic carbocycles. The van der Waals surface area contributed by atoms with Gasteiger partial charge in [-0.15, -0.1) is 0 Å². The molecular formula is C18H22N2O3. The molecule has 1 amide bonds. The van der Waals surface area contributed by atoms with Crippen LogP contribution in [0.15, 0.2) is 42.5 Å². The van der Waals surface area contributed by atoms with Crippen LogP contribution in [0, 0.1) is 6.92 Å². The Balaban J connectivity index is 1.73. The van der Waals surface area contributed by atoms with Crippen molar-refractivity contribution in [3.8, 4) is 11.5 Å². The molecule has 5 heteroatoms. The molecular weight excluding hydrogens is 292 g/mol. The summed E-state index contributed by atoms with van der Waals surface area (Å²) >= 11 is 0. The SMILES string of the molecule is COc1ccc(OCCCC(=O)Nc2cc(N)ccc2C)cc1. The number of nitrogen functional groups attached to an aromatic ring is 1. The van der Waals surface area contributed by atoms with Crippen LogP contribution in [0.2, 0.25) is 0 Å². The first kappa shape index (κ1) is 16.7. The minimum atomic E-state index is -0.0444. The summed E-state index contributed by atoms with van der Waals surface area (Å²) in [4.78, 5) is 11.9. The summed E-state index contributed by atoms with van der Waals surface area (Å²) in [6, 6.07) is 12.8. The predicted molar refractivity (Wildman–Crippen MR) is 91.9 cm³/mol. The molecule has 0 unspecified atom stereocenters. The first-order valence-electron chi connectivity index (χ1n) is 7.51. The smallest absolute Gasteiger partial charge is 0.224 e. The second-order valence-electron chi connectivity index (χ2n) is 5.25. The molecule has 2 aromatic rings. The Kier molecular flexibility index (Phi) is 5.86. The molecule has 0 aliphatic heterocycles. The van der Waals surface area contributed by atoms with E-state index in [2.05, 4.69) is 5.32 Å². The van der Waals surface area contributed by atoms with E-state index in [1.807, 2.05) is 43.3 Å². The minimum Gasteiger partial charge on any atom is -0.497 e. The van der Waals surface area contributed by atoms with Crippen molar-refractivity contribution in [1.82, 2.24) is 0 Å². The van der Waals surface area contributed by atoms with Crippen LogP contribution in [0.5, 0.6) is 11.5 Å². The molecule has 3 N–H and O–H groups in total. The average molecular weight is 314 g/mol. The molecule has 0 aliphatic carbocycles. The number of aryl methyl sites for hydroxylation is 1. The quantitative estimate of drug-likeness (QED) is 0.607. The van der Waals surface area contributed by atoms with Crippen molar-refractivity contribution in [1.29, 1.82) is 0 Å². The van der Waals surface area contributed by atoms with Crippen LogP contribution in [0.3, 0.4) is 0 Å². The molecule has 0 aliphatic rings. The zero-order valence-electron chi connectivity index (χ0n) is 13.5. The molecule has 0 heterocycles. The summed E-state index contributed by atoms with van der Waals surface area (Å²) < 4.78 is 10.7. The van der Waals surface area contributed by atoms with E-state index in [9.17, 15) is 4.79 Å². The zero-order valence-corrected chi connectivity index (χ0v) is 13.5. The lowest BCUT2D eigenvalue weighted by Gasteiger charge is -2.10. The number of benzene rings is 2. The van der Waals surface area contributed by atoms with Gasteiger partial charge in [0.2, 0.25) is 5.91 Å². The van der Waals surface area contributed by atoms with Crippen LogP contribution >= 0.6 is 0 Å². The summed E-state index contributed by atoms with van der Waals surface area (Å²) in [6.07, 6.45) is 1.03. The van der Waals surface area contributed by atoms with Gasteiger partial charge in [0.05, 0.1) is 13.7 Å². The van der Waals surface area contributed by atoms with E-state index in [0.29, 0.717) is 25.1 Å². The van der Waals surface area contributed by atoms with Crippen LogP contribution in [-0.4, -0.2) is 19.6 Å². The van der Waals surface area contributed by atoms with Crippen LogP contribution in [0.1, 0.15) is 18.4 Å². The van der Waals surface area contributed by atoms with Gasteiger partial charge in [0.25, 0.3) is 0 Å². The Morgan fingerprint density at radius 3 is 2.52 bits per heavy atom. The van der Waals surface area contributed by atoms with Gasteiger partial charge < -0.3 is 20.5 Å². The molecule has 0 aromatic heterocycles. The molecule has 0 saturated carbocycles. The molecule has 5 nitrogen and oxygen atoms in total. The van der Waals surface area contributed by atoms with Gasteiger partial charge in [0, 0.05) is 17.8 Å². The second kappa shape index (κ2) is 8.08. The Bertz CT molecular complexity index is 654. The number of ether oxygens (including phenoxy) is 2. The maximum atomic E-state index is 11.9. The number of amides is 1. The Morgan fingerprint density at radius 1 is 1.13 bits per heavy atom. The Morgan fingerprint density at radius 2 is 1.83 bits per heavy atom. The van der Waals surface area contributed by atoms with Gasteiger partial charge in [-0.2, -0.15) is 0 Å². The fourth-order valence-corrected chi connectivity index (χ4v) is 2.08. The predicted octanol–water partition coefficient (Wildman–Crippen LogP) is 3.38. The molecule has 2 rings (SSSR count). The van der Waals surface area contributed by atoms with Crippen LogP contribution in [-0.2, 0) is 4.79 Å². The highest BCUT2D eigenvalue weighted by molar-refractivity contribution is 5.91. The largest absolute Gasteiger partial charge is 0.497 e. The van der Waals surface area contributed by atoms with Crippen molar-refractivity contribution >= 4 is 17.3 Å². The van der Waals surface area contributed by atoms with Gasteiger partial charge in [-0.05, 0) is 55.3 Å². The minimum absolute atomic E-state index is 0.0444. The number of nitrogens with one attached hydrogen (secondary N) is 1. The summed E-state index contributed by atoms with van der Waals surface area (Å²) in [5.74, 6) is 1.50. The van der Waals surface area contributed by atoms with E-state index in [-0.39, 0.29) is 5.91 Å². The maximum Gasteiger partial charge on any atom is 0.224 e. The van der Waals surface area contributed by atoms with E-state index in [1.54, 1.807) is 13.2 Å². The third-order valence-corrected chi connectivity index (χ3v) is 3.41. The first-order valence-corrected chi connectivity index (χ1v) is 7.51. The number of carbonyl (C=O) groups excluding carboxylic acids is 1. The fraction of sp³-hybridized carbons (Fsp3) is 0.278. The summed E-state index contributed by atoms with van der Waals surface area (Å²) in [6.45, 7) is 2.41. The molecule has 0 radical (unpaired) electrons. The van der Waals surface area contributed by atoms with Gasteiger partial charge >= 0.3 is 0 Å². The maximum absolute atomic E-state index is 11.9. The lowest BCUT2D eigenvalue weighted by molar-refractivity contribution is -0.116. The second-order valence-corrected chi connectivity index (χ2v) is 5.25. The standard InChI is InChI=1S/C18H22N2O3/c1-13-5-6-14(19)12-17(13)20-18(21)4-3-11-23-16-9-7-15(22-2)8-10-16/h5-10,12H,3-4,11,19H2,1-2H3,(H,20,21). The van der Waals surface area contributed by atoms with Crippen LogP contribution in [0.4, 0.5) is 11.4 Å². The molecule has 0 saturated heterocycles. The third-order valence-electron chi connectivity index (χ3n) is 3.41. The Labute approximate surface area is 136 Å². The number of carbonyl (C=O) groups is 1. The third kappa shape index (κ3) is 5.21. The summed E-state index contributed by atoms with van der Waals surface area (Å²) in [5.41, 5.74) is 8.11. The van der Waals surface area contributed by atoms with E-state index >= 15 is 0 Å². The van der Waals surface area contributed by atoms with Crippen molar-refractivity contribution in [3.05, 3.63) is 48.0 Å². The van der Waals surface area contributed by atoms with Crippen LogP contribution in [0.25, 0.3) is 0 Å². The Hall–Kier alpha value is -2.69. The highest BCUT2D eigenvalue weighted by Crippen LogP contribution is 2.19. The van der Waals surface area contributed by atoms with Gasteiger partial charge in [-0.25, -0.2) is 0 Å². The van der Waals surface area contributed by atoms with E-state index < -0.39 is 0 Å². The van der Waals surface area contributed by atoms with Crippen molar-refractivity contribution in [2.75, 3.05) is 24.8 Å². The lowest BCUT2D eigenvalue weighted by Crippen LogP contribution is -2.13. The molecule has 0 atom stereocenters. The van der Waals surface area contributed by atoms with Gasteiger partial charge in [-0.1, -0.05) is 6.07 Å². The van der Waals surface area contributed by atoms with Crippen molar-refractivity contribution in [2.24, 2.45) is 0 Å². The highest BCUT2D eigenvalue weighted by atomic mass is 16.5. The van der Waals surface area contributed by atoms with Gasteiger partial charge in [-0.3, -0.25) is 4.79 Å². The van der Waals surface area contributed by atoms with Crippen molar-refractivity contribution in [3.63, 3.8) is 0 Å². The molecule has 0 spiro atoms. The van der Waals surface area contributed by atoms with Crippen LogP contribution < -0.4 is 20.5 Å². The molecule has 0 bridgehead atoms. The summed E-state index contributed by atoms with van der Waals surface area (Å²) in [7, 11) is 1.62. The zero-order chi connectivity index (χ0) is 16.7. The average Bonchev–Trinajstić information content (AvgIpc) is 2.55. The number of rotatable bonds is 7. The number of hydrogen-bond donors (Lipinski definition) is 2.